The summed E-state index contributed by atoms with van der Waals surface area (Å²) in [4.78, 5) is 0. The Morgan fingerprint density at radius 3 is 2.65 bits per heavy atom. The van der Waals surface area contributed by atoms with E-state index in [0.29, 0.717) is 24.5 Å². The van der Waals surface area contributed by atoms with Crippen molar-refractivity contribution in [2.24, 2.45) is 17.8 Å². The highest BCUT2D eigenvalue weighted by Crippen LogP contribution is 2.35. The lowest BCUT2D eigenvalue weighted by Gasteiger charge is -2.38. The lowest BCUT2D eigenvalue weighted by atomic mass is 9.75. The van der Waals surface area contributed by atoms with Crippen LogP contribution < -0.4 is 5.32 Å². The molecule has 0 radical (unpaired) electrons. The van der Waals surface area contributed by atoms with E-state index in [0.717, 1.165) is 25.3 Å². The van der Waals surface area contributed by atoms with Crippen molar-refractivity contribution in [3.05, 3.63) is 0 Å². The first-order chi connectivity index (χ1) is 9.41. The highest BCUT2D eigenvalue weighted by atomic mass is 16.5. The van der Waals surface area contributed by atoms with E-state index in [2.05, 4.69) is 39.1 Å². The molecule has 4 atom stereocenters. The topological polar surface area (TPSA) is 45.0 Å². The summed E-state index contributed by atoms with van der Waals surface area (Å²) in [5.41, 5.74) is -0.557. The number of rotatable bonds is 7. The first-order valence-corrected chi connectivity index (χ1v) is 8.19. The van der Waals surface area contributed by atoms with Gasteiger partial charge in [0.15, 0.2) is 0 Å². The van der Waals surface area contributed by atoms with Crippen molar-refractivity contribution in [1.29, 1.82) is 5.26 Å². The summed E-state index contributed by atoms with van der Waals surface area (Å²) in [6.07, 6.45) is 5.06. The largest absolute Gasteiger partial charge is 0.375 e. The van der Waals surface area contributed by atoms with E-state index in [4.69, 9.17) is 4.74 Å². The van der Waals surface area contributed by atoms with Crippen molar-refractivity contribution in [1.82, 2.24) is 5.32 Å². The Balaban J connectivity index is 2.57. The van der Waals surface area contributed by atoms with Gasteiger partial charge in [0.1, 0.15) is 5.54 Å². The molecular formula is C17H32N2O. The molecule has 0 saturated heterocycles. The predicted molar refractivity (Wildman–Crippen MR) is 83.4 cm³/mol. The summed E-state index contributed by atoms with van der Waals surface area (Å²) < 4.78 is 6.20. The molecular weight excluding hydrogens is 248 g/mol. The first kappa shape index (κ1) is 17.5. The van der Waals surface area contributed by atoms with Gasteiger partial charge in [-0.15, -0.1) is 0 Å². The van der Waals surface area contributed by atoms with Crippen molar-refractivity contribution >= 4 is 0 Å². The van der Waals surface area contributed by atoms with Crippen LogP contribution in [0.1, 0.15) is 60.3 Å². The monoisotopic (exact) mass is 280 g/mol. The lowest BCUT2D eigenvalue weighted by Crippen LogP contribution is -2.47. The third-order valence-corrected chi connectivity index (χ3v) is 4.56. The number of hydrogen-bond acceptors (Lipinski definition) is 3. The summed E-state index contributed by atoms with van der Waals surface area (Å²) in [6.45, 7) is 12.3. The first-order valence-electron chi connectivity index (χ1n) is 8.19. The fourth-order valence-electron chi connectivity index (χ4n) is 3.10. The second-order valence-electron chi connectivity index (χ2n) is 7.05. The highest BCUT2D eigenvalue weighted by molar-refractivity contribution is 5.04. The van der Waals surface area contributed by atoms with Gasteiger partial charge in [-0.3, -0.25) is 5.32 Å². The molecule has 4 unspecified atom stereocenters. The standard InChI is InChI=1S/C17H32N2O/c1-6-9-19-17(5,11-18)12-20-16-10-14(4)7-8-15(16)13(2)3/h13-16,19H,6-10,12H2,1-5H3. The van der Waals surface area contributed by atoms with E-state index in [9.17, 15) is 5.26 Å². The van der Waals surface area contributed by atoms with E-state index in [1.165, 1.54) is 12.8 Å². The van der Waals surface area contributed by atoms with E-state index in [-0.39, 0.29) is 0 Å². The fourth-order valence-corrected chi connectivity index (χ4v) is 3.10. The molecule has 1 rings (SSSR count). The van der Waals surface area contributed by atoms with Gasteiger partial charge in [0.2, 0.25) is 0 Å². The molecule has 3 heteroatoms. The quantitative estimate of drug-likeness (QED) is 0.772. The van der Waals surface area contributed by atoms with Gasteiger partial charge in [-0.1, -0.05) is 34.1 Å². The van der Waals surface area contributed by atoms with Crippen molar-refractivity contribution in [3.8, 4) is 6.07 Å². The molecule has 0 aromatic rings. The van der Waals surface area contributed by atoms with Gasteiger partial charge >= 0.3 is 0 Å². The average Bonchev–Trinajstić information content (AvgIpc) is 2.42. The zero-order valence-corrected chi connectivity index (χ0v) is 13.9. The normalized spacial score (nSPS) is 29.9. The zero-order valence-electron chi connectivity index (χ0n) is 13.9. The van der Waals surface area contributed by atoms with Crippen molar-refractivity contribution in [2.75, 3.05) is 13.2 Å². The van der Waals surface area contributed by atoms with Crippen LogP contribution in [0.4, 0.5) is 0 Å². The maximum absolute atomic E-state index is 9.38. The van der Waals surface area contributed by atoms with E-state index < -0.39 is 5.54 Å². The molecule has 1 saturated carbocycles. The van der Waals surface area contributed by atoms with E-state index >= 15 is 0 Å². The summed E-state index contributed by atoms with van der Waals surface area (Å²) in [5.74, 6) is 2.04. The number of nitriles is 1. The minimum absolute atomic E-state index is 0.315. The summed E-state index contributed by atoms with van der Waals surface area (Å²) in [7, 11) is 0. The van der Waals surface area contributed by atoms with Crippen LogP contribution in [-0.2, 0) is 4.74 Å². The molecule has 0 spiro atoms. The van der Waals surface area contributed by atoms with Crippen LogP contribution >= 0.6 is 0 Å². The number of nitrogens with zero attached hydrogens (tertiary/aromatic N) is 1. The molecule has 3 nitrogen and oxygen atoms in total. The lowest BCUT2D eigenvalue weighted by molar-refractivity contribution is -0.0518. The Bertz CT molecular complexity index is 323. The minimum atomic E-state index is -0.557. The van der Waals surface area contributed by atoms with Gasteiger partial charge in [0, 0.05) is 0 Å². The zero-order chi connectivity index (χ0) is 15.2. The van der Waals surface area contributed by atoms with Gasteiger partial charge in [0.05, 0.1) is 18.8 Å². The Morgan fingerprint density at radius 2 is 2.10 bits per heavy atom. The van der Waals surface area contributed by atoms with E-state index in [1.807, 2.05) is 6.92 Å². The van der Waals surface area contributed by atoms with Gasteiger partial charge < -0.3 is 4.74 Å². The number of nitrogens with one attached hydrogen (secondary N) is 1. The molecule has 20 heavy (non-hydrogen) atoms. The van der Waals surface area contributed by atoms with Crippen molar-refractivity contribution in [2.45, 2.75) is 71.9 Å². The molecule has 0 heterocycles. The van der Waals surface area contributed by atoms with Crippen LogP contribution in [0.3, 0.4) is 0 Å². The van der Waals surface area contributed by atoms with Gasteiger partial charge in [-0.2, -0.15) is 5.26 Å². The molecule has 1 aliphatic rings. The van der Waals surface area contributed by atoms with Crippen molar-refractivity contribution in [3.63, 3.8) is 0 Å². The maximum atomic E-state index is 9.38. The Morgan fingerprint density at radius 1 is 1.40 bits per heavy atom. The summed E-state index contributed by atoms with van der Waals surface area (Å²) in [6, 6.07) is 2.37. The third kappa shape index (κ3) is 5.07. The number of hydrogen-bond donors (Lipinski definition) is 1. The molecule has 0 aliphatic heterocycles. The molecule has 0 aromatic carbocycles. The van der Waals surface area contributed by atoms with Gasteiger partial charge in [-0.05, 0) is 50.5 Å². The highest BCUT2D eigenvalue weighted by Gasteiger charge is 2.33. The second kappa shape index (κ2) is 8.00. The van der Waals surface area contributed by atoms with Crippen LogP contribution in [0.5, 0.6) is 0 Å². The van der Waals surface area contributed by atoms with Crippen LogP contribution in [0.2, 0.25) is 0 Å². The Labute approximate surface area is 125 Å². The van der Waals surface area contributed by atoms with Crippen LogP contribution in [-0.4, -0.2) is 24.8 Å². The van der Waals surface area contributed by atoms with Crippen LogP contribution in [0.25, 0.3) is 0 Å². The summed E-state index contributed by atoms with van der Waals surface area (Å²) in [5, 5.41) is 12.7. The molecule has 1 fully saturated rings. The molecule has 116 valence electrons. The smallest absolute Gasteiger partial charge is 0.127 e. The van der Waals surface area contributed by atoms with Crippen LogP contribution in [0.15, 0.2) is 0 Å². The Kier molecular flexibility index (Phi) is 6.99. The maximum Gasteiger partial charge on any atom is 0.127 e. The molecule has 0 aromatic heterocycles. The van der Waals surface area contributed by atoms with Crippen molar-refractivity contribution < 1.29 is 4.74 Å². The molecule has 0 amide bonds. The summed E-state index contributed by atoms with van der Waals surface area (Å²) >= 11 is 0. The number of ether oxygens (including phenoxy) is 1. The molecule has 1 aliphatic carbocycles. The Hall–Kier alpha value is -0.590. The molecule has 1 N–H and O–H groups in total. The van der Waals surface area contributed by atoms with E-state index in [1.54, 1.807) is 0 Å². The predicted octanol–water partition coefficient (Wildman–Crippen LogP) is 3.75. The van der Waals surface area contributed by atoms with Crippen LogP contribution in [0, 0.1) is 29.1 Å². The fraction of sp³-hybridized carbons (Fsp3) is 0.941. The van der Waals surface area contributed by atoms with Gasteiger partial charge in [0.25, 0.3) is 0 Å². The minimum Gasteiger partial charge on any atom is -0.375 e. The van der Waals surface area contributed by atoms with Gasteiger partial charge in [-0.25, -0.2) is 0 Å². The molecule has 0 bridgehead atoms. The average molecular weight is 280 g/mol. The second-order valence-corrected chi connectivity index (χ2v) is 7.05. The SMILES string of the molecule is CCCNC(C)(C#N)COC1CC(C)CCC1C(C)C. The third-order valence-electron chi connectivity index (χ3n) is 4.56.